The van der Waals surface area contributed by atoms with Gasteiger partial charge in [-0.15, -0.1) is 5.10 Å². The predicted octanol–water partition coefficient (Wildman–Crippen LogP) is 2.15. The fourth-order valence-electron chi connectivity index (χ4n) is 3.39. The molecule has 29 heavy (non-hydrogen) atoms. The summed E-state index contributed by atoms with van der Waals surface area (Å²) in [6.07, 6.45) is 0. The van der Waals surface area contributed by atoms with Gasteiger partial charge in [-0.3, -0.25) is 9.48 Å². The van der Waals surface area contributed by atoms with Crippen molar-refractivity contribution in [1.29, 1.82) is 0 Å². The van der Waals surface area contributed by atoms with Crippen molar-refractivity contribution < 1.29 is 9.53 Å². The molecule has 4 rings (SSSR count). The van der Waals surface area contributed by atoms with Gasteiger partial charge in [0.2, 0.25) is 0 Å². The number of amides is 1. The van der Waals surface area contributed by atoms with E-state index in [1.165, 1.54) is 0 Å². The zero-order valence-electron chi connectivity index (χ0n) is 17.0. The zero-order chi connectivity index (χ0) is 20.5. The lowest BCUT2D eigenvalue weighted by Gasteiger charge is -2.44. The average Bonchev–Trinajstić information content (AvgIpc) is 3.09. The summed E-state index contributed by atoms with van der Waals surface area (Å²) >= 11 is 0. The molecule has 1 fully saturated rings. The Hall–Kier alpha value is -3.42. The highest BCUT2D eigenvalue weighted by Crippen LogP contribution is 2.25. The van der Waals surface area contributed by atoms with Gasteiger partial charge in [-0.1, -0.05) is 12.1 Å². The van der Waals surface area contributed by atoms with Crippen LogP contribution in [0, 0.1) is 6.92 Å². The molecule has 1 aromatic carbocycles. The topological polar surface area (TPSA) is 76.4 Å². The molecule has 0 saturated carbocycles. The lowest BCUT2D eigenvalue weighted by Crippen LogP contribution is -2.60. The summed E-state index contributed by atoms with van der Waals surface area (Å²) in [7, 11) is 5.26. The van der Waals surface area contributed by atoms with E-state index in [1.807, 2.05) is 56.4 Å². The number of likely N-dealkylation sites (N-methyl/N-ethyl adjacent to an activating group) is 1. The van der Waals surface area contributed by atoms with E-state index in [9.17, 15) is 4.79 Å². The molecule has 1 aliphatic heterocycles. The van der Waals surface area contributed by atoms with Gasteiger partial charge in [0.25, 0.3) is 5.91 Å². The van der Waals surface area contributed by atoms with Crippen LogP contribution in [0.5, 0.6) is 5.75 Å². The number of nitrogens with zero attached hydrogens (tertiary/aromatic N) is 6. The Balaban J connectivity index is 1.46. The molecule has 8 nitrogen and oxygen atoms in total. The molecule has 8 heteroatoms. The van der Waals surface area contributed by atoms with Crippen molar-refractivity contribution in [2.24, 2.45) is 7.05 Å². The van der Waals surface area contributed by atoms with Gasteiger partial charge in [0.05, 0.1) is 24.5 Å². The lowest BCUT2D eigenvalue weighted by molar-refractivity contribution is 0.0694. The highest BCUT2D eigenvalue weighted by molar-refractivity contribution is 5.94. The molecule has 0 bridgehead atoms. The molecule has 0 aliphatic carbocycles. The Bertz CT molecular complexity index is 1020. The van der Waals surface area contributed by atoms with Crippen molar-refractivity contribution in [3.63, 3.8) is 0 Å². The molecular formula is C21H24N6O2. The van der Waals surface area contributed by atoms with Crippen LogP contribution in [0.3, 0.4) is 0 Å². The first-order chi connectivity index (χ1) is 14.0. The number of ether oxygens (including phenoxy) is 1. The number of benzene rings is 1. The summed E-state index contributed by atoms with van der Waals surface area (Å²) in [4.78, 5) is 16.9. The van der Waals surface area contributed by atoms with Crippen LogP contribution in [-0.4, -0.2) is 64.1 Å². The number of aromatic nitrogens is 4. The van der Waals surface area contributed by atoms with Crippen LogP contribution in [0.4, 0.5) is 5.82 Å². The average molecular weight is 392 g/mol. The molecule has 3 aromatic rings. The van der Waals surface area contributed by atoms with Gasteiger partial charge in [0, 0.05) is 32.7 Å². The van der Waals surface area contributed by atoms with Crippen LogP contribution in [-0.2, 0) is 7.05 Å². The molecule has 0 spiro atoms. The number of aryl methyl sites for hydroxylation is 2. The number of carbonyl (C=O) groups is 1. The van der Waals surface area contributed by atoms with E-state index in [-0.39, 0.29) is 11.9 Å². The van der Waals surface area contributed by atoms with E-state index >= 15 is 0 Å². The minimum atomic E-state index is -0.0474. The summed E-state index contributed by atoms with van der Waals surface area (Å²) in [6, 6.07) is 13.5. The van der Waals surface area contributed by atoms with Crippen molar-refractivity contribution in [3.05, 3.63) is 53.9 Å². The summed E-state index contributed by atoms with van der Waals surface area (Å²) in [5.74, 6) is 1.55. The number of rotatable bonds is 5. The third kappa shape index (κ3) is 3.65. The molecule has 150 valence electrons. The van der Waals surface area contributed by atoms with Gasteiger partial charge in [0.15, 0.2) is 5.82 Å². The molecular weight excluding hydrogens is 368 g/mol. The summed E-state index contributed by atoms with van der Waals surface area (Å²) in [5.41, 5.74) is 3.10. The summed E-state index contributed by atoms with van der Waals surface area (Å²) in [5, 5.41) is 12.8. The van der Waals surface area contributed by atoms with E-state index in [0.29, 0.717) is 5.69 Å². The molecule has 0 atom stereocenters. The third-order valence-corrected chi connectivity index (χ3v) is 5.30. The first-order valence-electron chi connectivity index (χ1n) is 9.47. The van der Waals surface area contributed by atoms with Gasteiger partial charge in [-0.05, 0) is 37.3 Å². The highest BCUT2D eigenvalue weighted by atomic mass is 16.5. The van der Waals surface area contributed by atoms with Gasteiger partial charge in [0.1, 0.15) is 11.4 Å². The molecule has 1 saturated heterocycles. The van der Waals surface area contributed by atoms with E-state index in [0.717, 1.165) is 41.6 Å². The molecule has 1 aliphatic rings. The predicted molar refractivity (Wildman–Crippen MR) is 110 cm³/mol. The maximum atomic E-state index is 13.0. The fraction of sp³-hybridized carbons (Fsp3) is 0.333. The summed E-state index contributed by atoms with van der Waals surface area (Å²) in [6.45, 7) is 3.39. The van der Waals surface area contributed by atoms with Gasteiger partial charge in [-0.25, -0.2) is 0 Å². The first-order valence-corrected chi connectivity index (χ1v) is 9.47. The molecule has 0 N–H and O–H groups in total. The van der Waals surface area contributed by atoms with Gasteiger partial charge in [-0.2, -0.15) is 10.2 Å². The van der Waals surface area contributed by atoms with Crippen LogP contribution in [0.15, 0.2) is 42.5 Å². The van der Waals surface area contributed by atoms with Crippen molar-refractivity contribution in [3.8, 4) is 17.0 Å². The lowest BCUT2D eigenvalue weighted by atomic mass is 10.1. The largest absolute Gasteiger partial charge is 0.497 e. The molecule has 3 heterocycles. The quantitative estimate of drug-likeness (QED) is 0.662. The van der Waals surface area contributed by atoms with Crippen molar-refractivity contribution in [2.45, 2.75) is 13.0 Å². The maximum Gasteiger partial charge on any atom is 0.272 e. The van der Waals surface area contributed by atoms with Crippen LogP contribution in [0.2, 0.25) is 0 Å². The Morgan fingerprint density at radius 1 is 1.17 bits per heavy atom. The van der Waals surface area contributed by atoms with E-state index < -0.39 is 0 Å². The number of hydrogen-bond acceptors (Lipinski definition) is 6. The Labute approximate surface area is 169 Å². The number of methoxy groups -OCH3 is 1. The summed E-state index contributed by atoms with van der Waals surface area (Å²) < 4.78 is 6.92. The molecule has 2 aromatic heterocycles. The van der Waals surface area contributed by atoms with Crippen LogP contribution >= 0.6 is 0 Å². The second-order valence-electron chi connectivity index (χ2n) is 7.28. The second kappa shape index (κ2) is 7.54. The minimum Gasteiger partial charge on any atom is -0.497 e. The molecule has 0 unspecified atom stereocenters. The maximum absolute atomic E-state index is 13.0. The van der Waals surface area contributed by atoms with Crippen molar-refractivity contribution in [2.75, 3.05) is 32.1 Å². The SMILES string of the molecule is COc1cccc(-c2cc(C(=O)N(C)C3CN(c4ccc(C)nn4)C3)n(C)n2)c1. The highest BCUT2D eigenvalue weighted by Gasteiger charge is 2.34. The van der Waals surface area contributed by atoms with Crippen LogP contribution in [0.25, 0.3) is 11.3 Å². The second-order valence-corrected chi connectivity index (χ2v) is 7.28. The third-order valence-electron chi connectivity index (χ3n) is 5.30. The Kier molecular flexibility index (Phi) is 4.92. The monoisotopic (exact) mass is 392 g/mol. The van der Waals surface area contributed by atoms with E-state index in [2.05, 4.69) is 20.2 Å². The van der Waals surface area contributed by atoms with E-state index in [4.69, 9.17) is 4.74 Å². The normalized spacial score (nSPS) is 13.9. The minimum absolute atomic E-state index is 0.0474. The fourth-order valence-corrected chi connectivity index (χ4v) is 3.39. The number of carbonyl (C=O) groups excluding carboxylic acids is 1. The molecule has 0 radical (unpaired) electrons. The Morgan fingerprint density at radius 3 is 2.66 bits per heavy atom. The van der Waals surface area contributed by atoms with Crippen molar-refractivity contribution >= 4 is 11.7 Å². The number of hydrogen-bond donors (Lipinski definition) is 0. The standard InChI is InChI=1S/C21H24N6O2/c1-14-8-9-20(23-22-14)27-12-16(13-27)25(2)21(28)19-11-18(24-26(19)3)15-6-5-7-17(10-15)29-4/h5-11,16H,12-13H2,1-4H3. The molecule has 1 amide bonds. The van der Waals surface area contributed by atoms with E-state index in [1.54, 1.807) is 23.7 Å². The smallest absolute Gasteiger partial charge is 0.272 e. The van der Waals surface area contributed by atoms with Gasteiger partial charge >= 0.3 is 0 Å². The number of anilines is 1. The Morgan fingerprint density at radius 2 is 1.97 bits per heavy atom. The van der Waals surface area contributed by atoms with Gasteiger partial charge < -0.3 is 14.5 Å². The van der Waals surface area contributed by atoms with Crippen molar-refractivity contribution in [1.82, 2.24) is 24.9 Å². The van der Waals surface area contributed by atoms with Crippen LogP contribution < -0.4 is 9.64 Å². The van der Waals surface area contributed by atoms with Crippen LogP contribution in [0.1, 0.15) is 16.2 Å². The zero-order valence-corrected chi connectivity index (χ0v) is 17.0. The first kappa shape index (κ1) is 18.9.